The van der Waals surface area contributed by atoms with Crippen molar-refractivity contribution in [3.05, 3.63) is 59.7 Å². The Morgan fingerprint density at radius 2 is 1.98 bits per heavy atom. The third-order valence-electron chi connectivity index (χ3n) is 7.44. The van der Waals surface area contributed by atoms with Gasteiger partial charge < -0.3 is 20.1 Å². The molecular formula is C30H34ClFN6O6S. The van der Waals surface area contributed by atoms with Gasteiger partial charge in [-0.1, -0.05) is 17.7 Å². The third kappa shape index (κ3) is 8.45. The minimum absolute atomic E-state index is 0.0287. The maximum atomic E-state index is 13.7. The van der Waals surface area contributed by atoms with Crippen LogP contribution in [-0.4, -0.2) is 91.2 Å². The van der Waals surface area contributed by atoms with Gasteiger partial charge in [0.2, 0.25) is 15.9 Å². The van der Waals surface area contributed by atoms with Crippen LogP contribution in [-0.2, 0) is 24.3 Å². The molecule has 1 aliphatic carbocycles. The number of amides is 1. The van der Waals surface area contributed by atoms with E-state index in [0.29, 0.717) is 52.9 Å². The Balaban J connectivity index is 1.34. The number of esters is 1. The Morgan fingerprint density at radius 1 is 1.18 bits per heavy atom. The minimum atomic E-state index is -3.48. The zero-order valence-corrected chi connectivity index (χ0v) is 26.4. The largest absolute Gasteiger partial charge is 0.491 e. The number of rotatable bonds is 12. The first-order valence-corrected chi connectivity index (χ1v) is 16.7. The predicted molar refractivity (Wildman–Crippen MR) is 169 cm³/mol. The van der Waals surface area contributed by atoms with E-state index in [-0.39, 0.29) is 31.3 Å². The lowest BCUT2D eigenvalue weighted by molar-refractivity contribution is -0.150. The van der Waals surface area contributed by atoms with E-state index in [0.717, 1.165) is 19.1 Å². The van der Waals surface area contributed by atoms with E-state index in [4.69, 9.17) is 21.1 Å². The molecule has 15 heteroatoms. The molecule has 12 nitrogen and oxygen atoms in total. The van der Waals surface area contributed by atoms with Gasteiger partial charge in [0.15, 0.2) is 0 Å². The Bertz CT molecular complexity index is 1720. The molecule has 0 spiro atoms. The van der Waals surface area contributed by atoms with E-state index in [2.05, 4.69) is 20.6 Å². The number of ether oxygens (including phenoxy) is 2. The van der Waals surface area contributed by atoms with Crippen LogP contribution in [0, 0.1) is 11.7 Å². The number of benzene rings is 2. The highest BCUT2D eigenvalue weighted by molar-refractivity contribution is 7.88. The summed E-state index contributed by atoms with van der Waals surface area (Å²) in [5.74, 6) is -0.175. The number of hydrogen-bond acceptors (Lipinski definition) is 10. The van der Waals surface area contributed by atoms with Crippen molar-refractivity contribution in [2.24, 2.45) is 5.92 Å². The molecule has 1 unspecified atom stereocenters. The van der Waals surface area contributed by atoms with Crippen LogP contribution >= 0.6 is 11.6 Å². The molecule has 1 atom stereocenters. The normalized spacial score (nSPS) is 17.8. The van der Waals surface area contributed by atoms with Gasteiger partial charge in [-0.25, -0.2) is 22.8 Å². The molecule has 1 saturated carbocycles. The summed E-state index contributed by atoms with van der Waals surface area (Å²) in [5.41, 5.74) is 1.49. The van der Waals surface area contributed by atoms with E-state index in [1.807, 2.05) is 0 Å². The van der Waals surface area contributed by atoms with Crippen LogP contribution in [0.4, 0.5) is 21.6 Å². The molecule has 0 bridgehead atoms. The van der Waals surface area contributed by atoms with Crippen molar-refractivity contribution in [3.63, 3.8) is 0 Å². The molecule has 2 heterocycles. The lowest BCUT2D eigenvalue weighted by Gasteiger charge is -2.38. The Labute approximate surface area is 265 Å². The van der Waals surface area contributed by atoms with Crippen LogP contribution < -0.4 is 15.4 Å². The highest BCUT2D eigenvalue weighted by Gasteiger charge is 2.36. The van der Waals surface area contributed by atoms with E-state index in [9.17, 15) is 22.4 Å². The van der Waals surface area contributed by atoms with E-state index >= 15 is 0 Å². The molecule has 1 aromatic heterocycles. The first-order valence-electron chi connectivity index (χ1n) is 14.5. The summed E-state index contributed by atoms with van der Waals surface area (Å²) in [5, 5.41) is 6.54. The summed E-state index contributed by atoms with van der Waals surface area (Å²) in [6.45, 7) is 3.05. The number of nitrogens with one attached hydrogen (secondary N) is 2. The summed E-state index contributed by atoms with van der Waals surface area (Å²) in [6.07, 6.45) is 7.62. The fourth-order valence-electron chi connectivity index (χ4n) is 4.85. The fourth-order valence-corrected chi connectivity index (χ4v) is 5.86. The number of fused-ring (bicyclic) bond motifs is 1. The maximum Gasteiger partial charge on any atom is 0.324 e. The first-order chi connectivity index (χ1) is 21.5. The SMILES string of the molecule is CCOC(=O)C1CN(S(C)(=O)=O)CCN1C/C=C/C(=O)Nc1cc2c(Nc3ccc(F)c(Cl)c3)ncnc2cc1OCC1CC1. The smallest absolute Gasteiger partial charge is 0.324 e. The Morgan fingerprint density at radius 3 is 2.69 bits per heavy atom. The van der Waals surface area contributed by atoms with Crippen molar-refractivity contribution >= 4 is 61.6 Å². The molecule has 1 saturated heterocycles. The molecule has 2 aliphatic rings. The number of aromatic nitrogens is 2. The van der Waals surface area contributed by atoms with Crippen molar-refractivity contribution in [3.8, 4) is 5.75 Å². The second kappa shape index (κ2) is 14.1. The molecular weight excluding hydrogens is 627 g/mol. The molecule has 5 rings (SSSR count). The van der Waals surface area contributed by atoms with Crippen molar-refractivity contribution < 1.29 is 31.9 Å². The highest BCUT2D eigenvalue weighted by Crippen LogP contribution is 2.36. The molecule has 45 heavy (non-hydrogen) atoms. The lowest BCUT2D eigenvalue weighted by atomic mass is 10.1. The van der Waals surface area contributed by atoms with Crippen LogP contribution in [0.25, 0.3) is 10.9 Å². The molecule has 2 N–H and O–H groups in total. The van der Waals surface area contributed by atoms with Gasteiger partial charge in [-0.2, -0.15) is 4.31 Å². The van der Waals surface area contributed by atoms with E-state index in [1.165, 1.54) is 34.9 Å². The van der Waals surface area contributed by atoms with Crippen molar-refractivity contribution in [2.45, 2.75) is 25.8 Å². The van der Waals surface area contributed by atoms with Crippen LogP contribution in [0.3, 0.4) is 0 Å². The summed E-state index contributed by atoms with van der Waals surface area (Å²) in [7, 11) is -3.48. The Kier molecular flexibility index (Phi) is 10.2. The number of carbonyl (C=O) groups is 2. The second-order valence-electron chi connectivity index (χ2n) is 10.9. The van der Waals surface area contributed by atoms with Gasteiger partial charge in [-0.05, 0) is 49.9 Å². The monoisotopic (exact) mass is 660 g/mol. The van der Waals surface area contributed by atoms with Gasteiger partial charge >= 0.3 is 5.97 Å². The molecule has 0 radical (unpaired) electrons. The molecule has 1 aliphatic heterocycles. The fraction of sp³-hybridized carbons (Fsp3) is 0.400. The number of anilines is 3. The standard InChI is InChI=1S/C30H34ClFN6O6S/c1-3-43-30(40)26-16-38(45(2,41)42)12-11-37(26)10-4-5-28(39)36-25-14-21-24(15-27(25)44-17-19-6-7-19)33-18-34-29(21)35-20-8-9-23(32)22(31)13-20/h4-5,8-9,13-15,18-19,26H,3,6-7,10-12,16-17H2,1-2H3,(H,36,39)(H,33,34,35)/b5-4+. The number of nitrogens with zero attached hydrogens (tertiary/aromatic N) is 4. The van der Waals surface area contributed by atoms with Crippen LogP contribution in [0.2, 0.25) is 5.02 Å². The van der Waals surface area contributed by atoms with E-state index in [1.54, 1.807) is 30.0 Å². The molecule has 240 valence electrons. The molecule has 2 aromatic carbocycles. The van der Waals surface area contributed by atoms with Crippen LogP contribution in [0.5, 0.6) is 5.75 Å². The second-order valence-corrected chi connectivity index (χ2v) is 13.3. The van der Waals surface area contributed by atoms with Gasteiger partial charge in [-0.3, -0.25) is 14.5 Å². The number of carbonyl (C=O) groups excluding carboxylic acids is 2. The zero-order chi connectivity index (χ0) is 32.1. The summed E-state index contributed by atoms with van der Waals surface area (Å²) in [4.78, 5) is 36.2. The summed E-state index contributed by atoms with van der Waals surface area (Å²) >= 11 is 5.95. The Hall–Kier alpha value is -3.85. The van der Waals surface area contributed by atoms with Crippen LogP contribution in [0.15, 0.2) is 48.8 Å². The quantitative estimate of drug-likeness (QED) is 0.216. The van der Waals surface area contributed by atoms with Crippen molar-refractivity contribution in [1.82, 2.24) is 19.2 Å². The third-order valence-corrected chi connectivity index (χ3v) is 9.00. The van der Waals surface area contributed by atoms with Gasteiger partial charge in [0.05, 0.1) is 35.7 Å². The number of piperazine rings is 1. The van der Waals surface area contributed by atoms with Gasteiger partial charge in [0.1, 0.15) is 29.8 Å². The summed E-state index contributed by atoms with van der Waals surface area (Å²) < 4.78 is 50.3. The van der Waals surface area contributed by atoms with Gasteiger partial charge in [-0.15, -0.1) is 0 Å². The highest BCUT2D eigenvalue weighted by atomic mass is 35.5. The molecule has 2 fully saturated rings. The average molecular weight is 661 g/mol. The van der Waals surface area contributed by atoms with E-state index < -0.39 is 33.8 Å². The molecule has 3 aromatic rings. The van der Waals surface area contributed by atoms with Gasteiger partial charge in [0, 0.05) is 49.4 Å². The minimum Gasteiger partial charge on any atom is -0.491 e. The number of halogens is 2. The lowest BCUT2D eigenvalue weighted by Crippen LogP contribution is -2.57. The summed E-state index contributed by atoms with van der Waals surface area (Å²) in [6, 6.07) is 6.86. The zero-order valence-electron chi connectivity index (χ0n) is 24.8. The first kappa shape index (κ1) is 32.5. The number of sulfonamides is 1. The van der Waals surface area contributed by atoms with Gasteiger partial charge in [0.25, 0.3) is 0 Å². The topological polar surface area (TPSA) is 143 Å². The number of hydrogen-bond donors (Lipinski definition) is 2. The molecule has 1 amide bonds. The predicted octanol–water partition coefficient (Wildman–Crippen LogP) is 3.96. The van der Waals surface area contributed by atoms with Crippen LogP contribution in [0.1, 0.15) is 19.8 Å². The van der Waals surface area contributed by atoms with Crippen molar-refractivity contribution in [1.29, 1.82) is 0 Å². The average Bonchev–Trinajstić information content (AvgIpc) is 3.83. The maximum absolute atomic E-state index is 13.7. The van der Waals surface area contributed by atoms with Crippen molar-refractivity contribution in [2.75, 3.05) is 56.3 Å².